The van der Waals surface area contributed by atoms with E-state index in [9.17, 15) is 35.8 Å². The van der Waals surface area contributed by atoms with Crippen molar-refractivity contribution in [2.75, 3.05) is 0 Å². The van der Waals surface area contributed by atoms with Gasteiger partial charge in [-0.2, -0.15) is 30.7 Å². The number of alkyl halides is 7. The molecule has 0 aromatic carbocycles. The summed E-state index contributed by atoms with van der Waals surface area (Å²) in [5.41, 5.74) is 0.00796. The average molecular weight is 495 g/mol. The van der Waals surface area contributed by atoms with Crippen LogP contribution in [0.2, 0.25) is 17.1 Å². The molecule has 0 aromatic heterocycles. The summed E-state index contributed by atoms with van der Waals surface area (Å²) in [6, 6.07) is -0.585. The standard InChI is InChI=1S/C22H37F7O2Si/c1-9-11-18(30)17(8)19(16(7)10-2)31-32(14(3)4,15(5)6)13-12-20(23,24)21(25,26)22(27,28)29/h9-10,14-15,17-19,30H,1,11-13H2,2-8H3/b16-10+/t17-,18-,19-/m0/s1. The second-order valence-corrected chi connectivity index (χ2v) is 14.0. The second kappa shape index (κ2) is 11.5. The van der Waals surface area contributed by atoms with Crippen molar-refractivity contribution in [2.45, 2.75) is 109 Å². The lowest BCUT2D eigenvalue weighted by molar-refractivity contribution is -0.354. The highest BCUT2D eigenvalue weighted by Gasteiger charge is 2.72. The van der Waals surface area contributed by atoms with Crippen molar-refractivity contribution in [1.29, 1.82) is 0 Å². The van der Waals surface area contributed by atoms with Crippen molar-refractivity contribution in [2.24, 2.45) is 5.92 Å². The fourth-order valence-electron chi connectivity index (χ4n) is 3.89. The lowest BCUT2D eigenvalue weighted by Gasteiger charge is -2.45. The molecule has 0 bridgehead atoms. The first-order valence-electron chi connectivity index (χ1n) is 10.7. The average Bonchev–Trinajstić information content (AvgIpc) is 2.65. The van der Waals surface area contributed by atoms with E-state index in [4.69, 9.17) is 4.43 Å². The number of aliphatic hydroxyl groups is 1. The molecule has 0 amide bonds. The van der Waals surface area contributed by atoms with Crippen LogP contribution in [-0.2, 0) is 4.43 Å². The summed E-state index contributed by atoms with van der Waals surface area (Å²) < 4.78 is 99.5. The summed E-state index contributed by atoms with van der Waals surface area (Å²) >= 11 is 0. The number of rotatable bonds is 13. The Hall–Kier alpha value is -0.873. The molecule has 0 fully saturated rings. The number of aliphatic hydroxyl groups excluding tert-OH is 1. The lowest BCUT2D eigenvalue weighted by atomic mass is 9.91. The molecule has 2 nitrogen and oxygen atoms in total. The zero-order valence-electron chi connectivity index (χ0n) is 19.9. The van der Waals surface area contributed by atoms with Gasteiger partial charge in [0.2, 0.25) is 0 Å². The Balaban J connectivity index is 6.21. The van der Waals surface area contributed by atoms with Gasteiger partial charge in [-0.15, -0.1) is 6.58 Å². The molecule has 190 valence electrons. The maximum Gasteiger partial charge on any atom is 0.459 e. The first-order valence-corrected chi connectivity index (χ1v) is 13.0. The van der Waals surface area contributed by atoms with E-state index in [2.05, 4.69) is 6.58 Å². The van der Waals surface area contributed by atoms with Gasteiger partial charge in [0.15, 0.2) is 8.32 Å². The van der Waals surface area contributed by atoms with Crippen LogP contribution in [0.3, 0.4) is 0 Å². The van der Waals surface area contributed by atoms with Crippen molar-refractivity contribution < 1.29 is 40.3 Å². The number of allylic oxidation sites excluding steroid dienone is 1. The Kier molecular flexibility index (Phi) is 11.2. The molecule has 0 aromatic rings. The van der Waals surface area contributed by atoms with E-state index in [-0.39, 0.29) is 17.5 Å². The van der Waals surface area contributed by atoms with Crippen LogP contribution < -0.4 is 0 Å². The minimum atomic E-state index is -6.36. The van der Waals surface area contributed by atoms with Crippen LogP contribution in [0.5, 0.6) is 0 Å². The Morgan fingerprint density at radius 2 is 1.47 bits per heavy atom. The van der Waals surface area contributed by atoms with Crippen molar-refractivity contribution in [3.63, 3.8) is 0 Å². The van der Waals surface area contributed by atoms with E-state index in [1.165, 1.54) is 6.08 Å². The molecular weight excluding hydrogens is 457 g/mol. The maximum absolute atomic E-state index is 14.1. The molecule has 0 radical (unpaired) electrons. The summed E-state index contributed by atoms with van der Waals surface area (Å²) in [4.78, 5) is 0. The maximum atomic E-state index is 14.1. The monoisotopic (exact) mass is 494 g/mol. The molecule has 0 spiro atoms. The predicted octanol–water partition coefficient (Wildman–Crippen LogP) is 7.90. The van der Waals surface area contributed by atoms with Crippen molar-refractivity contribution >= 4 is 8.32 Å². The highest BCUT2D eigenvalue weighted by Crippen LogP contribution is 2.51. The van der Waals surface area contributed by atoms with E-state index < -0.39 is 56.9 Å². The zero-order valence-corrected chi connectivity index (χ0v) is 20.9. The Labute approximate surface area is 188 Å². The van der Waals surface area contributed by atoms with Gasteiger partial charge < -0.3 is 9.53 Å². The summed E-state index contributed by atoms with van der Waals surface area (Å²) in [6.07, 6.45) is -6.03. The summed E-state index contributed by atoms with van der Waals surface area (Å²) in [7, 11) is -3.33. The van der Waals surface area contributed by atoms with Crippen molar-refractivity contribution in [3.8, 4) is 0 Å². The molecule has 1 N–H and O–H groups in total. The van der Waals surface area contributed by atoms with Gasteiger partial charge in [-0.1, -0.05) is 46.8 Å². The van der Waals surface area contributed by atoms with Crippen molar-refractivity contribution in [3.05, 3.63) is 24.3 Å². The fraction of sp³-hybridized carbons (Fsp3) is 0.818. The van der Waals surface area contributed by atoms with E-state index >= 15 is 0 Å². The second-order valence-electron chi connectivity index (χ2n) is 9.06. The molecule has 0 heterocycles. The summed E-state index contributed by atoms with van der Waals surface area (Å²) in [5, 5.41) is 10.5. The van der Waals surface area contributed by atoms with Gasteiger partial charge >= 0.3 is 18.0 Å². The molecule has 3 atom stereocenters. The van der Waals surface area contributed by atoms with Gasteiger partial charge in [-0.3, -0.25) is 0 Å². The van der Waals surface area contributed by atoms with Crippen LogP contribution in [0, 0.1) is 5.92 Å². The Bertz CT molecular complexity index is 622. The number of hydrogen-bond acceptors (Lipinski definition) is 2. The van der Waals surface area contributed by atoms with Gasteiger partial charge in [0.05, 0.1) is 12.2 Å². The van der Waals surface area contributed by atoms with Crippen LogP contribution >= 0.6 is 0 Å². The van der Waals surface area contributed by atoms with Gasteiger partial charge in [-0.25, -0.2) is 0 Å². The normalized spacial score (nSPS) is 17.6. The smallest absolute Gasteiger partial charge is 0.409 e. The largest absolute Gasteiger partial charge is 0.459 e. The molecular formula is C22H37F7O2Si. The highest BCUT2D eigenvalue weighted by molar-refractivity contribution is 6.76. The summed E-state index contributed by atoms with van der Waals surface area (Å²) in [5.74, 6) is -11.9. The van der Waals surface area contributed by atoms with Crippen molar-refractivity contribution in [1.82, 2.24) is 0 Å². The van der Waals surface area contributed by atoms with E-state index in [0.717, 1.165) is 0 Å². The van der Waals surface area contributed by atoms with Crippen LogP contribution in [0.15, 0.2) is 24.3 Å². The van der Waals surface area contributed by atoms with Gasteiger partial charge in [0.1, 0.15) is 0 Å². The van der Waals surface area contributed by atoms with E-state index in [1.54, 1.807) is 54.5 Å². The van der Waals surface area contributed by atoms with Gasteiger partial charge in [0.25, 0.3) is 0 Å². The zero-order chi connectivity index (χ0) is 25.7. The molecule has 0 aliphatic heterocycles. The molecule has 10 heteroatoms. The topological polar surface area (TPSA) is 29.5 Å². The number of halogens is 7. The van der Waals surface area contributed by atoms with E-state index in [0.29, 0.717) is 5.57 Å². The first-order chi connectivity index (χ1) is 14.3. The molecule has 32 heavy (non-hydrogen) atoms. The Morgan fingerprint density at radius 3 is 1.81 bits per heavy atom. The minimum Gasteiger partial charge on any atom is -0.409 e. The molecule has 0 saturated carbocycles. The molecule has 0 aliphatic rings. The molecule has 0 rings (SSSR count). The quantitative estimate of drug-likeness (QED) is 0.160. The minimum absolute atomic E-state index is 0.256. The SMILES string of the molecule is C=CC[C@H](O)[C@H](C)[C@@H](O[Si](CCC(F)(F)C(F)(F)C(F)(F)F)(C(C)C)C(C)C)/C(C)=C/C. The fourth-order valence-corrected chi connectivity index (χ4v) is 8.62. The third-order valence-corrected chi connectivity index (χ3v) is 12.0. The van der Waals surface area contributed by atoms with E-state index in [1.807, 2.05) is 0 Å². The first kappa shape index (κ1) is 31.1. The third kappa shape index (κ3) is 6.82. The highest BCUT2D eigenvalue weighted by atomic mass is 28.4. The number of hydrogen-bond donors (Lipinski definition) is 1. The van der Waals surface area contributed by atoms with Crippen LogP contribution in [0.25, 0.3) is 0 Å². The van der Waals surface area contributed by atoms with Crippen LogP contribution in [-0.4, -0.2) is 43.7 Å². The van der Waals surface area contributed by atoms with Gasteiger partial charge in [-0.05, 0) is 43.0 Å². The molecule has 0 saturated heterocycles. The molecule has 0 aliphatic carbocycles. The van der Waals surface area contributed by atoms with Gasteiger partial charge in [0, 0.05) is 12.3 Å². The third-order valence-electron chi connectivity index (χ3n) is 6.34. The summed E-state index contributed by atoms with van der Waals surface area (Å²) in [6.45, 7) is 15.6. The lowest BCUT2D eigenvalue weighted by Crippen LogP contribution is -2.55. The Morgan fingerprint density at radius 1 is 1.00 bits per heavy atom. The molecule has 0 unspecified atom stereocenters. The predicted molar refractivity (Wildman–Crippen MR) is 116 cm³/mol. The van der Waals surface area contributed by atoms with Crippen LogP contribution in [0.1, 0.15) is 61.3 Å². The van der Waals surface area contributed by atoms with Crippen LogP contribution in [0.4, 0.5) is 30.7 Å².